The first-order valence-electron chi connectivity index (χ1n) is 4.44. The van der Waals surface area contributed by atoms with Gasteiger partial charge in [-0.05, 0) is 18.2 Å². The van der Waals surface area contributed by atoms with E-state index in [0.717, 1.165) is 22.4 Å². The van der Waals surface area contributed by atoms with Crippen LogP contribution in [0.1, 0.15) is 0 Å². The zero-order valence-electron chi connectivity index (χ0n) is 8.57. The molecule has 0 saturated heterocycles. The molecule has 0 fully saturated rings. The SMILES string of the molecule is COc1ccc2ccn(C)c2c1OC. The molecular weight excluding hydrogens is 178 g/mol. The van der Waals surface area contributed by atoms with Gasteiger partial charge in [0.25, 0.3) is 0 Å². The summed E-state index contributed by atoms with van der Waals surface area (Å²) < 4.78 is 12.6. The summed E-state index contributed by atoms with van der Waals surface area (Å²) in [5.41, 5.74) is 1.06. The second kappa shape index (κ2) is 3.25. The van der Waals surface area contributed by atoms with E-state index in [9.17, 15) is 0 Å². The number of rotatable bonds is 2. The molecule has 0 atom stereocenters. The normalized spacial score (nSPS) is 10.5. The van der Waals surface area contributed by atoms with E-state index >= 15 is 0 Å². The van der Waals surface area contributed by atoms with Crippen LogP contribution in [-0.4, -0.2) is 18.8 Å². The van der Waals surface area contributed by atoms with E-state index in [2.05, 4.69) is 6.07 Å². The Labute approximate surface area is 82.9 Å². The van der Waals surface area contributed by atoms with Gasteiger partial charge in [0.1, 0.15) is 0 Å². The molecule has 0 aliphatic rings. The van der Waals surface area contributed by atoms with Gasteiger partial charge in [-0.2, -0.15) is 0 Å². The third kappa shape index (κ3) is 1.13. The van der Waals surface area contributed by atoms with E-state index in [-0.39, 0.29) is 0 Å². The van der Waals surface area contributed by atoms with Crippen molar-refractivity contribution in [1.82, 2.24) is 4.57 Å². The van der Waals surface area contributed by atoms with Gasteiger partial charge >= 0.3 is 0 Å². The molecule has 0 saturated carbocycles. The number of fused-ring (bicyclic) bond motifs is 1. The summed E-state index contributed by atoms with van der Waals surface area (Å²) in [6.45, 7) is 0. The summed E-state index contributed by atoms with van der Waals surface area (Å²) in [6.07, 6.45) is 2.01. The summed E-state index contributed by atoms with van der Waals surface area (Å²) in [5.74, 6) is 1.55. The molecule has 0 radical (unpaired) electrons. The van der Waals surface area contributed by atoms with E-state index in [0.29, 0.717) is 0 Å². The van der Waals surface area contributed by atoms with E-state index < -0.39 is 0 Å². The second-order valence-corrected chi connectivity index (χ2v) is 3.17. The Hall–Kier alpha value is -1.64. The smallest absolute Gasteiger partial charge is 0.185 e. The van der Waals surface area contributed by atoms with Crippen molar-refractivity contribution in [2.24, 2.45) is 7.05 Å². The molecule has 0 spiro atoms. The maximum atomic E-state index is 5.34. The zero-order valence-corrected chi connectivity index (χ0v) is 8.57. The van der Waals surface area contributed by atoms with Crippen molar-refractivity contribution in [3.05, 3.63) is 24.4 Å². The van der Waals surface area contributed by atoms with Crippen LogP contribution in [0.25, 0.3) is 10.9 Å². The zero-order chi connectivity index (χ0) is 10.1. The molecule has 2 aromatic rings. The summed E-state index contributed by atoms with van der Waals surface area (Å²) >= 11 is 0. The van der Waals surface area contributed by atoms with Gasteiger partial charge in [0.05, 0.1) is 19.7 Å². The predicted molar refractivity (Wildman–Crippen MR) is 56.0 cm³/mol. The number of nitrogens with zero attached hydrogens (tertiary/aromatic N) is 1. The number of ether oxygens (including phenoxy) is 2. The molecular formula is C11H13NO2. The first kappa shape index (κ1) is 8.94. The van der Waals surface area contributed by atoms with Crippen LogP contribution in [0.3, 0.4) is 0 Å². The third-order valence-electron chi connectivity index (χ3n) is 2.38. The van der Waals surface area contributed by atoms with Gasteiger partial charge in [0, 0.05) is 18.6 Å². The molecule has 0 aliphatic heterocycles. The Bertz CT molecular complexity index is 460. The minimum Gasteiger partial charge on any atom is -0.493 e. The van der Waals surface area contributed by atoms with E-state index in [1.165, 1.54) is 0 Å². The Morgan fingerprint density at radius 1 is 1.07 bits per heavy atom. The molecule has 0 unspecified atom stereocenters. The molecule has 0 bridgehead atoms. The molecule has 3 nitrogen and oxygen atoms in total. The monoisotopic (exact) mass is 191 g/mol. The highest BCUT2D eigenvalue weighted by molar-refractivity contribution is 5.88. The average Bonchev–Trinajstić information content (AvgIpc) is 2.59. The topological polar surface area (TPSA) is 23.4 Å². The van der Waals surface area contributed by atoms with Gasteiger partial charge in [-0.3, -0.25) is 0 Å². The summed E-state index contributed by atoms with van der Waals surface area (Å²) in [7, 11) is 5.29. The van der Waals surface area contributed by atoms with Crippen molar-refractivity contribution in [1.29, 1.82) is 0 Å². The van der Waals surface area contributed by atoms with Crippen LogP contribution in [-0.2, 0) is 7.05 Å². The van der Waals surface area contributed by atoms with Gasteiger partial charge in [-0.1, -0.05) is 0 Å². The molecule has 14 heavy (non-hydrogen) atoms. The summed E-state index contributed by atoms with van der Waals surface area (Å²) in [5, 5.41) is 1.16. The second-order valence-electron chi connectivity index (χ2n) is 3.17. The first-order valence-corrected chi connectivity index (χ1v) is 4.44. The minimum atomic E-state index is 0.766. The van der Waals surface area contributed by atoms with E-state index in [4.69, 9.17) is 9.47 Å². The van der Waals surface area contributed by atoms with Gasteiger partial charge in [0.2, 0.25) is 0 Å². The predicted octanol–water partition coefficient (Wildman–Crippen LogP) is 2.20. The van der Waals surface area contributed by atoms with Crippen LogP contribution in [0, 0.1) is 0 Å². The van der Waals surface area contributed by atoms with Crippen LogP contribution >= 0.6 is 0 Å². The lowest BCUT2D eigenvalue weighted by Crippen LogP contribution is -1.94. The Morgan fingerprint density at radius 2 is 1.86 bits per heavy atom. The minimum absolute atomic E-state index is 0.766. The van der Waals surface area contributed by atoms with Gasteiger partial charge in [0.15, 0.2) is 11.5 Å². The lowest BCUT2D eigenvalue weighted by molar-refractivity contribution is 0.357. The van der Waals surface area contributed by atoms with Crippen LogP contribution < -0.4 is 9.47 Å². The fourth-order valence-electron chi connectivity index (χ4n) is 1.69. The fourth-order valence-corrected chi connectivity index (χ4v) is 1.69. The highest BCUT2D eigenvalue weighted by Gasteiger charge is 2.10. The summed E-state index contributed by atoms with van der Waals surface area (Å²) in [4.78, 5) is 0. The molecule has 3 heteroatoms. The quantitative estimate of drug-likeness (QED) is 0.726. The molecule has 2 rings (SSSR count). The standard InChI is InChI=1S/C11H13NO2/c1-12-7-6-8-4-5-9(13-2)11(14-3)10(8)12/h4-7H,1-3H3. The molecule has 74 valence electrons. The molecule has 1 aromatic carbocycles. The van der Waals surface area contributed by atoms with Crippen LogP contribution in [0.15, 0.2) is 24.4 Å². The molecule has 0 amide bonds. The molecule has 1 heterocycles. The number of aryl methyl sites for hydroxylation is 1. The molecule has 1 aromatic heterocycles. The lowest BCUT2D eigenvalue weighted by Gasteiger charge is -2.09. The summed E-state index contributed by atoms with van der Waals surface area (Å²) in [6, 6.07) is 6.00. The number of hydrogen-bond acceptors (Lipinski definition) is 2. The van der Waals surface area contributed by atoms with Crippen molar-refractivity contribution in [3.63, 3.8) is 0 Å². The lowest BCUT2D eigenvalue weighted by atomic mass is 10.2. The Balaban J connectivity index is 2.81. The number of benzene rings is 1. The van der Waals surface area contributed by atoms with Crippen molar-refractivity contribution in [2.75, 3.05) is 14.2 Å². The molecule has 0 aliphatic carbocycles. The van der Waals surface area contributed by atoms with Crippen LogP contribution in [0.5, 0.6) is 11.5 Å². The number of methoxy groups -OCH3 is 2. The van der Waals surface area contributed by atoms with Crippen LogP contribution in [0.2, 0.25) is 0 Å². The van der Waals surface area contributed by atoms with E-state index in [1.807, 2.05) is 29.9 Å². The highest BCUT2D eigenvalue weighted by atomic mass is 16.5. The highest BCUT2D eigenvalue weighted by Crippen LogP contribution is 2.35. The first-order chi connectivity index (χ1) is 6.77. The van der Waals surface area contributed by atoms with Crippen molar-refractivity contribution in [2.45, 2.75) is 0 Å². The van der Waals surface area contributed by atoms with Gasteiger partial charge in [-0.25, -0.2) is 0 Å². The van der Waals surface area contributed by atoms with Gasteiger partial charge in [-0.15, -0.1) is 0 Å². The Morgan fingerprint density at radius 3 is 2.50 bits per heavy atom. The van der Waals surface area contributed by atoms with Crippen molar-refractivity contribution < 1.29 is 9.47 Å². The maximum Gasteiger partial charge on any atom is 0.185 e. The number of aromatic nitrogens is 1. The van der Waals surface area contributed by atoms with Crippen molar-refractivity contribution in [3.8, 4) is 11.5 Å². The molecule has 0 N–H and O–H groups in total. The van der Waals surface area contributed by atoms with E-state index in [1.54, 1.807) is 14.2 Å². The van der Waals surface area contributed by atoms with Crippen LogP contribution in [0.4, 0.5) is 0 Å². The largest absolute Gasteiger partial charge is 0.493 e. The fraction of sp³-hybridized carbons (Fsp3) is 0.273. The average molecular weight is 191 g/mol. The number of hydrogen-bond donors (Lipinski definition) is 0. The van der Waals surface area contributed by atoms with Gasteiger partial charge < -0.3 is 14.0 Å². The third-order valence-corrected chi connectivity index (χ3v) is 2.38. The maximum absolute atomic E-state index is 5.34. The van der Waals surface area contributed by atoms with Crippen molar-refractivity contribution >= 4 is 10.9 Å². The Kier molecular flexibility index (Phi) is 2.08.